The predicted octanol–water partition coefficient (Wildman–Crippen LogP) is 2.14. The summed E-state index contributed by atoms with van der Waals surface area (Å²) in [5, 5.41) is 10.6. The summed E-state index contributed by atoms with van der Waals surface area (Å²) >= 11 is 1.01. The highest BCUT2D eigenvalue weighted by Crippen LogP contribution is 2.28. The third-order valence-electron chi connectivity index (χ3n) is 2.64. The Morgan fingerprint density at radius 2 is 2.16 bits per heavy atom. The number of carboxylic acid groups (broad SMARTS) is 1. The molecule has 0 unspecified atom stereocenters. The average molecular weight is 306 g/mol. The van der Waals surface area contributed by atoms with Gasteiger partial charge < -0.3 is 5.11 Å². The highest BCUT2D eigenvalue weighted by atomic mass is 32.2. The van der Waals surface area contributed by atoms with Crippen molar-refractivity contribution < 1.29 is 18.3 Å². The number of thiophene rings is 1. The summed E-state index contributed by atoms with van der Waals surface area (Å²) < 4.78 is 27.7. The fraction of sp³-hybridized carbons (Fsp3) is 0.545. The lowest BCUT2D eigenvalue weighted by molar-refractivity contribution is 0.0703. The van der Waals surface area contributed by atoms with E-state index in [9.17, 15) is 13.2 Å². The third-order valence-corrected chi connectivity index (χ3v) is 5.19. The number of carboxylic acids is 1. The number of nitrogens with zero attached hydrogens (tertiary/aromatic N) is 1. The molecule has 0 radical (unpaired) electrons. The highest BCUT2D eigenvalue weighted by Gasteiger charge is 2.23. The fourth-order valence-corrected chi connectivity index (χ4v) is 3.39. The number of anilines is 1. The smallest absolute Gasteiger partial charge is 0.348 e. The van der Waals surface area contributed by atoms with Crippen LogP contribution < -0.4 is 4.72 Å². The molecule has 6 nitrogen and oxygen atoms in total. The van der Waals surface area contributed by atoms with Gasteiger partial charge in [0, 0.05) is 13.6 Å². The van der Waals surface area contributed by atoms with Gasteiger partial charge in [0.2, 0.25) is 0 Å². The van der Waals surface area contributed by atoms with Gasteiger partial charge in [-0.25, -0.2) is 4.79 Å². The van der Waals surface area contributed by atoms with Crippen LogP contribution >= 0.6 is 11.3 Å². The molecule has 0 saturated carbocycles. The summed E-state index contributed by atoms with van der Waals surface area (Å²) in [6, 6.07) is 0. The van der Waals surface area contributed by atoms with Gasteiger partial charge in [-0.1, -0.05) is 13.3 Å². The molecule has 108 valence electrons. The molecule has 0 bridgehead atoms. The summed E-state index contributed by atoms with van der Waals surface area (Å²) in [6.07, 6.45) is 1.64. The van der Waals surface area contributed by atoms with E-state index in [1.54, 1.807) is 12.3 Å². The maximum Gasteiger partial charge on any atom is 0.348 e. The maximum absolute atomic E-state index is 12.1. The molecule has 0 fully saturated rings. The van der Waals surface area contributed by atoms with E-state index in [4.69, 9.17) is 5.11 Å². The van der Waals surface area contributed by atoms with E-state index in [0.717, 1.165) is 24.2 Å². The van der Waals surface area contributed by atoms with Crippen molar-refractivity contribution >= 4 is 33.2 Å². The standard InChI is InChI=1S/C11H18N2O4S2/c1-4-5-6-13(3)19(16,17)12-9-8(2)7-18-10(9)11(14)15/h7,12H,4-6H2,1-3H3,(H,14,15). The van der Waals surface area contributed by atoms with Crippen molar-refractivity contribution in [2.45, 2.75) is 26.7 Å². The number of carbonyl (C=O) groups is 1. The quantitative estimate of drug-likeness (QED) is 0.808. The van der Waals surface area contributed by atoms with Crippen LogP contribution in [0.25, 0.3) is 0 Å². The van der Waals surface area contributed by atoms with Crippen molar-refractivity contribution in [3.63, 3.8) is 0 Å². The van der Waals surface area contributed by atoms with Crippen LogP contribution in [0, 0.1) is 6.92 Å². The summed E-state index contributed by atoms with van der Waals surface area (Å²) in [4.78, 5) is 11.0. The molecular formula is C11H18N2O4S2. The molecule has 0 amide bonds. The van der Waals surface area contributed by atoms with Gasteiger partial charge in [-0.3, -0.25) is 4.72 Å². The van der Waals surface area contributed by atoms with E-state index < -0.39 is 16.2 Å². The first-order valence-corrected chi connectivity index (χ1v) is 8.17. The van der Waals surface area contributed by atoms with Crippen molar-refractivity contribution in [2.75, 3.05) is 18.3 Å². The number of rotatable bonds is 7. The number of aromatic carboxylic acids is 1. The van der Waals surface area contributed by atoms with Crippen LogP contribution in [0.5, 0.6) is 0 Å². The Morgan fingerprint density at radius 3 is 2.68 bits per heavy atom. The van der Waals surface area contributed by atoms with Gasteiger partial charge in [0.25, 0.3) is 0 Å². The number of nitrogens with one attached hydrogen (secondary N) is 1. The molecule has 1 heterocycles. The molecule has 8 heteroatoms. The van der Waals surface area contributed by atoms with E-state index in [2.05, 4.69) is 4.72 Å². The minimum Gasteiger partial charge on any atom is -0.477 e. The summed E-state index contributed by atoms with van der Waals surface area (Å²) in [6.45, 7) is 4.05. The second kappa shape index (κ2) is 6.36. The lowest BCUT2D eigenvalue weighted by atomic mass is 10.3. The SMILES string of the molecule is CCCCN(C)S(=O)(=O)Nc1c(C)csc1C(=O)O. The van der Waals surface area contributed by atoms with Gasteiger partial charge >= 0.3 is 16.2 Å². The largest absolute Gasteiger partial charge is 0.477 e. The van der Waals surface area contributed by atoms with E-state index in [1.807, 2.05) is 6.92 Å². The molecular weight excluding hydrogens is 288 g/mol. The van der Waals surface area contributed by atoms with Gasteiger partial charge in [0.15, 0.2) is 0 Å². The van der Waals surface area contributed by atoms with Crippen molar-refractivity contribution in [1.29, 1.82) is 0 Å². The van der Waals surface area contributed by atoms with Crippen LogP contribution in [0.15, 0.2) is 5.38 Å². The Bertz CT molecular complexity index is 551. The van der Waals surface area contributed by atoms with Gasteiger partial charge in [-0.05, 0) is 24.3 Å². The minimum atomic E-state index is -3.71. The zero-order valence-electron chi connectivity index (χ0n) is 11.1. The predicted molar refractivity (Wildman–Crippen MR) is 76.1 cm³/mol. The van der Waals surface area contributed by atoms with Crippen LogP contribution in [-0.2, 0) is 10.2 Å². The van der Waals surface area contributed by atoms with Crippen LogP contribution in [0.2, 0.25) is 0 Å². The first-order chi connectivity index (χ1) is 8.79. The molecule has 0 aromatic carbocycles. The zero-order chi connectivity index (χ0) is 14.6. The molecule has 0 spiro atoms. The molecule has 1 aromatic rings. The van der Waals surface area contributed by atoms with Crippen molar-refractivity contribution in [1.82, 2.24) is 4.31 Å². The molecule has 0 aliphatic heterocycles. The number of hydrogen-bond acceptors (Lipinski definition) is 4. The maximum atomic E-state index is 12.1. The van der Waals surface area contributed by atoms with Gasteiger partial charge in [-0.2, -0.15) is 12.7 Å². The topological polar surface area (TPSA) is 86.7 Å². The van der Waals surface area contributed by atoms with Gasteiger partial charge in [0.1, 0.15) is 4.88 Å². The van der Waals surface area contributed by atoms with E-state index in [0.29, 0.717) is 12.1 Å². The molecule has 1 aromatic heterocycles. The average Bonchev–Trinajstić information content (AvgIpc) is 2.67. The summed E-state index contributed by atoms with van der Waals surface area (Å²) in [5.74, 6) is -1.13. The first kappa shape index (κ1) is 15.9. The monoisotopic (exact) mass is 306 g/mol. The Morgan fingerprint density at radius 1 is 1.53 bits per heavy atom. The molecule has 1 rings (SSSR count). The molecule has 0 atom stereocenters. The Kier molecular flexibility index (Phi) is 5.33. The minimum absolute atomic E-state index is 0.00460. The van der Waals surface area contributed by atoms with E-state index in [-0.39, 0.29) is 10.6 Å². The Balaban J connectivity index is 2.95. The molecule has 2 N–H and O–H groups in total. The van der Waals surface area contributed by atoms with Crippen LogP contribution in [-0.4, -0.2) is 37.4 Å². The normalized spacial score (nSPS) is 11.8. The first-order valence-electron chi connectivity index (χ1n) is 5.85. The van der Waals surface area contributed by atoms with Crippen LogP contribution in [0.3, 0.4) is 0 Å². The summed E-state index contributed by atoms with van der Waals surface area (Å²) in [5.41, 5.74) is 0.760. The second-order valence-electron chi connectivity index (χ2n) is 4.21. The number of unbranched alkanes of at least 4 members (excludes halogenated alkanes) is 1. The van der Waals surface area contributed by atoms with E-state index >= 15 is 0 Å². The molecule has 0 saturated heterocycles. The zero-order valence-corrected chi connectivity index (χ0v) is 12.8. The molecule has 0 aliphatic rings. The lowest BCUT2D eigenvalue weighted by Crippen LogP contribution is -2.33. The molecule has 19 heavy (non-hydrogen) atoms. The lowest BCUT2D eigenvalue weighted by Gasteiger charge is -2.18. The van der Waals surface area contributed by atoms with Crippen LogP contribution in [0.4, 0.5) is 5.69 Å². The van der Waals surface area contributed by atoms with E-state index in [1.165, 1.54) is 11.4 Å². The molecule has 0 aliphatic carbocycles. The van der Waals surface area contributed by atoms with Crippen LogP contribution in [0.1, 0.15) is 35.0 Å². The number of hydrogen-bond donors (Lipinski definition) is 2. The Hall–Kier alpha value is -1.12. The van der Waals surface area contributed by atoms with Crippen molar-refractivity contribution in [2.24, 2.45) is 0 Å². The van der Waals surface area contributed by atoms with Gasteiger partial charge in [0.05, 0.1) is 5.69 Å². The third kappa shape index (κ3) is 3.92. The second-order valence-corrected chi connectivity index (χ2v) is 6.87. The Labute approximate surface area is 117 Å². The summed E-state index contributed by atoms with van der Waals surface area (Å²) in [7, 11) is -2.23. The van der Waals surface area contributed by atoms with Crippen molar-refractivity contribution in [3.8, 4) is 0 Å². The van der Waals surface area contributed by atoms with Crippen molar-refractivity contribution in [3.05, 3.63) is 15.8 Å². The fourth-order valence-electron chi connectivity index (χ4n) is 1.44. The highest BCUT2D eigenvalue weighted by molar-refractivity contribution is 7.90. The number of aryl methyl sites for hydroxylation is 1. The van der Waals surface area contributed by atoms with Gasteiger partial charge in [-0.15, -0.1) is 11.3 Å².